The number of carbonyl (C=O) groups excluding carboxylic acids is 1. The number of benzene rings is 2. The van der Waals surface area contributed by atoms with E-state index in [4.69, 9.17) is 14.5 Å². The molecule has 8 heteroatoms. The fourth-order valence-corrected chi connectivity index (χ4v) is 5.31. The smallest absolute Gasteiger partial charge is 0.246 e. The fraction of sp³-hybridized carbons (Fsp3) is 0.321. The van der Waals surface area contributed by atoms with Crippen molar-refractivity contribution in [2.75, 3.05) is 56.7 Å². The van der Waals surface area contributed by atoms with E-state index in [9.17, 15) is 10.1 Å². The SMILES string of the molecule is C=CC(=O)N1CCN(c2nc(OC)c(C#N)c3c2CCN(c2cccc4cccc(OC)c24)C3)CC1. The summed E-state index contributed by atoms with van der Waals surface area (Å²) in [6.07, 6.45) is 2.10. The molecular formula is C28H29N5O3. The zero-order valence-electron chi connectivity index (χ0n) is 20.7. The number of hydrogen-bond donors (Lipinski definition) is 0. The zero-order valence-corrected chi connectivity index (χ0v) is 20.7. The molecule has 184 valence electrons. The molecule has 8 nitrogen and oxygen atoms in total. The van der Waals surface area contributed by atoms with Gasteiger partial charge in [-0.1, -0.05) is 30.8 Å². The van der Waals surface area contributed by atoms with E-state index in [-0.39, 0.29) is 5.91 Å². The highest BCUT2D eigenvalue weighted by Crippen LogP contribution is 2.40. The molecule has 2 aliphatic rings. The van der Waals surface area contributed by atoms with Crippen LogP contribution in [-0.2, 0) is 17.8 Å². The number of hydrogen-bond acceptors (Lipinski definition) is 7. The molecule has 0 aliphatic carbocycles. The molecule has 5 rings (SSSR count). The summed E-state index contributed by atoms with van der Waals surface area (Å²) in [7, 11) is 3.24. The first-order chi connectivity index (χ1) is 17.6. The van der Waals surface area contributed by atoms with E-state index in [1.807, 2.05) is 12.1 Å². The van der Waals surface area contributed by atoms with Crippen molar-refractivity contribution in [2.45, 2.75) is 13.0 Å². The molecule has 1 fully saturated rings. The minimum absolute atomic E-state index is 0.0526. The first kappa shape index (κ1) is 23.5. The monoisotopic (exact) mass is 483 g/mol. The molecule has 0 spiro atoms. The Balaban J connectivity index is 1.54. The third-order valence-electron chi connectivity index (χ3n) is 7.11. The molecule has 1 saturated heterocycles. The van der Waals surface area contributed by atoms with Gasteiger partial charge in [-0.3, -0.25) is 4.79 Å². The number of fused-ring (bicyclic) bond motifs is 2. The number of aromatic nitrogens is 1. The molecule has 0 bridgehead atoms. The Morgan fingerprint density at radius 1 is 1.03 bits per heavy atom. The molecule has 0 saturated carbocycles. The predicted molar refractivity (Wildman–Crippen MR) is 140 cm³/mol. The average Bonchev–Trinajstić information content (AvgIpc) is 2.94. The quantitative estimate of drug-likeness (QED) is 0.514. The van der Waals surface area contributed by atoms with Crippen molar-refractivity contribution in [3.63, 3.8) is 0 Å². The first-order valence-corrected chi connectivity index (χ1v) is 12.1. The van der Waals surface area contributed by atoms with Crippen LogP contribution in [0.3, 0.4) is 0 Å². The lowest BCUT2D eigenvalue weighted by Crippen LogP contribution is -2.49. The third-order valence-corrected chi connectivity index (χ3v) is 7.11. The molecular weight excluding hydrogens is 454 g/mol. The Morgan fingerprint density at radius 2 is 1.78 bits per heavy atom. The molecule has 2 aromatic carbocycles. The second kappa shape index (κ2) is 9.78. The van der Waals surface area contributed by atoms with Gasteiger partial charge >= 0.3 is 0 Å². The molecule has 0 unspecified atom stereocenters. The van der Waals surface area contributed by atoms with E-state index in [1.54, 1.807) is 19.1 Å². The number of amides is 1. The lowest BCUT2D eigenvalue weighted by atomic mass is 9.94. The Kier molecular flexibility index (Phi) is 6.38. The Labute approximate surface area is 210 Å². The molecule has 2 aliphatic heterocycles. The van der Waals surface area contributed by atoms with Gasteiger partial charge in [0.25, 0.3) is 0 Å². The highest BCUT2D eigenvalue weighted by atomic mass is 16.5. The van der Waals surface area contributed by atoms with Crippen LogP contribution in [0.15, 0.2) is 49.1 Å². The number of methoxy groups -OCH3 is 2. The van der Waals surface area contributed by atoms with Gasteiger partial charge < -0.3 is 24.2 Å². The van der Waals surface area contributed by atoms with Gasteiger partial charge in [-0.05, 0) is 30.0 Å². The van der Waals surface area contributed by atoms with Crippen LogP contribution in [0.25, 0.3) is 10.8 Å². The van der Waals surface area contributed by atoms with Crippen LogP contribution in [0.1, 0.15) is 16.7 Å². The van der Waals surface area contributed by atoms with E-state index in [2.05, 4.69) is 46.7 Å². The van der Waals surface area contributed by atoms with Gasteiger partial charge in [0.05, 0.1) is 14.2 Å². The summed E-state index contributed by atoms with van der Waals surface area (Å²) in [6.45, 7) is 7.48. The minimum Gasteiger partial charge on any atom is -0.496 e. The number of ether oxygens (including phenoxy) is 2. The molecule has 0 radical (unpaired) electrons. The lowest BCUT2D eigenvalue weighted by Gasteiger charge is -2.38. The summed E-state index contributed by atoms with van der Waals surface area (Å²) in [4.78, 5) is 23.1. The van der Waals surface area contributed by atoms with Gasteiger partial charge in [-0.25, -0.2) is 0 Å². The molecule has 0 atom stereocenters. The van der Waals surface area contributed by atoms with E-state index in [0.717, 1.165) is 52.1 Å². The van der Waals surface area contributed by atoms with Crippen LogP contribution < -0.4 is 19.3 Å². The maximum atomic E-state index is 12.0. The molecule has 3 aromatic rings. The topological polar surface area (TPSA) is 81.9 Å². The van der Waals surface area contributed by atoms with Gasteiger partial charge in [0.15, 0.2) is 0 Å². The van der Waals surface area contributed by atoms with Crippen molar-refractivity contribution in [1.82, 2.24) is 9.88 Å². The summed E-state index contributed by atoms with van der Waals surface area (Å²) < 4.78 is 11.3. The van der Waals surface area contributed by atoms with Crippen LogP contribution >= 0.6 is 0 Å². The maximum absolute atomic E-state index is 12.0. The van der Waals surface area contributed by atoms with Crippen molar-refractivity contribution in [3.05, 3.63) is 65.7 Å². The van der Waals surface area contributed by atoms with Crippen LogP contribution in [0.2, 0.25) is 0 Å². The average molecular weight is 484 g/mol. The highest BCUT2D eigenvalue weighted by Gasteiger charge is 2.31. The predicted octanol–water partition coefficient (Wildman–Crippen LogP) is 3.52. The Hall–Kier alpha value is -4.25. The van der Waals surface area contributed by atoms with Gasteiger partial charge in [0.2, 0.25) is 11.8 Å². The van der Waals surface area contributed by atoms with Crippen LogP contribution in [0, 0.1) is 11.3 Å². The van der Waals surface area contributed by atoms with Gasteiger partial charge in [-0.15, -0.1) is 0 Å². The third kappa shape index (κ3) is 3.97. The number of nitriles is 1. The molecule has 0 N–H and O–H groups in total. The van der Waals surface area contributed by atoms with E-state index in [0.29, 0.717) is 44.2 Å². The number of piperazine rings is 1. The number of pyridine rings is 1. The maximum Gasteiger partial charge on any atom is 0.246 e. The van der Waals surface area contributed by atoms with Crippen LogP contribution in [-0.4, -0.2) is 62.7 Å². The van der Waals surface area contributed by atoms with Gasteiger partial charge in [0.1, 0.15) is 23.2 Å². The standard InChI is InChI=1S/C28H29N5O3/c1-4-25(34)31-13-15-32(16-14-31)27-20-11-12-33(18-22(20)21(17-29)28(30-27)36-3)23-9-5-7-19-8-6-10-24(35-2)26(19)23/h4-10H,1,11-16,18H2,2-3H3. The van der Waals surface area contributed by atoms with E-state index in [1.165, 1.54) is 6.08 Å². The summed E-state index contributed by atoms with van der Waals surface area (Å²) in [5.41, 5.74) is 3.59. The number of carbonyl (C=O) groups is 1. The zero-order chi connectivity index (χ0) is 25.2. The Bertz CT molecular complexity index is 1370. The number of rotatable bonds is 5. The largest absolute Gasteiger partial charge is 0.496 e. The van der Waals surface area contributed by atoms with Crippen molar-refractivity contribution in [2.24, 2.45) is 0 Å². The lowest BCUT2D eigenvalue weighted by molar-refractivity contribution is -0.126. The first-order valence-electron chi connectivity index (χ1n) is 12.1. The van der Waals surface area contributed by atoms with Gasteiger partial charge in [-0.2, -0.15) is 10.2 Å². The summed E-state index contributed by atoms with van der Waals surface area (Å²) in [6, 6.07) is 14.7. The van der Waals surface area contributed by atoms with Crippen molar-refractivity contribution in [3.8, 4) is 17.7 Å². The number of nitrogens with zero attached hydrogens (tertiary/aromatic N) is 5. The molecule has 36 heavy (non-hydrogen) atoms. The molecule has 1 amide bonds. The molecule has 3 heterocycles. The highest BCUT2D eigenvalue weighted by molar-refractivity contribution is 5.99. The normalized spacial score (nSPS) is 15.3. The summed E-state index contributed by atoms with van der Waals surface area (Å²) in [5.74, 6) is 1.97. The fourth-order valence-electron chi connectivity index (χ4n) is 5.31. The summed E-state index contributed by atoms with van der Waals surface area (Å²) >= 11 is 0. The van der Waals surface area contributed by atoms with Crippen LogP contribution in [0.4, 0.5) is 11.5 Å². The van der Waals surface area contributed by atoms with Crippen molar-refractivity contribution < 1.29 is 14.3 Å². The van der Waals surface area contributed by atoms with E-state index < -0.39 is 0 Å². The Morgan fingerprint density at radius 3 is 2.44 bits per heavy atom. The minimum atomic E-state index is -0.0526. The van der Waals surface area contributed by atoms with Crippen molar-refractivity contribution >= 4 is 28.2 Å². The van der Waals surface area contributed by atoms with Crippen LogP contribution in [0.5, 0.6) is 11.6 Å². The van der Waals surface area contributed by atoms with E-state index >= 15 is 0 Å². The molecule has 1 aromatic heterocycles. The van der Waals surface area contributed by atoms with Gasteiger partial charge in [0, 0.05) is 61.5 Å². The second-order valence-corrected chi connectivity index (χ2v) is 8.91. The summed E-state index contributed by atoms with van der Waals surface area (Å²) in [5, 5.41) is 12.2. The number of anilines is 2. The second-order valence-electron chi connectivity index (χ2n) is 8.91. The van der Waals surface area contributed by atoms with Crippen molar-refractivity contribution in [1.29, 1.82) is 5.26 Å².